The highest BCUT2D eigenvalue weighted by molar-refractivity contribution is 7.92. The third kappa shape index (κ3) is 9.72. The van der Waals surface area contributed by atoms with E-state index in [2.05, 4.69) is 5.32 Å². The Hall–Kier alpha value is -3.57. The van der Waals surface area contributed by atoms with Crippen LogP contribution in [-0.2, 0) is 38.8 Å². The Morgan fingerprint density at radius 1 is 0.953 bits per heavy atom. The summed E-state index contributed by atoms with van der Waals surface area (Å²) < 4.78 is 66.9. The molecule has 0 saturated carbocycles. The fourth-order valence-electron chi connectivity index (χ4n) is 4.34. The highest BCUT2D eigenvalue weighted by Gasteiger charge is 2.36. The molecule has 0 radical (unpaired) electrons. The Bertz CT molecular complexity index is 1520. The lowest BCUT2D eigenvalue weighted by molar-refractivity contribution is -0.140. The van der Waals surface area contributed by atoms with Crippen LogP contribution in [0, 0.1) is 12.8 Å². The molecule has 0 spiro atoms. The lowest BCUT2D eigenvalue weighted by atomic mass is 10.0. The number of aryl methyl sites for hydroxylation is 1. The first-order valence-electron chi connectivity index (χ1n) is 13.6. The Morgan fingerprint density at radius 3 is 2.14 bits per heavy atom. The first-order chi connectivity index (χ1) is 20.1. The van der Waals surface area contributed by atoms with Gasteiger partial charge in [0.1, 0.15) is 12.6 Å². The molecule has 0 aromatic heterocycles. The van der Waals surface area contributed by atoms with Crippen LogP contribution in [0.2, 0.25) is 5.02 Å². The van der Waals surface area contributed by atoms with E-state index in [4.69, 9.17) is 11.6 Å². The zero-order valence-corrected chi connectivity index (χ0v) is 25.9. The average Bonchev–Trinajstić information content (AvgIpc) is 2.93. The van der Waals surface area contributed by atoms with E-state index in [-0.39, 0.29) is 23.9 Å². The van der Waals surface area contributed by atoms with Crippen molar-refractivity contribution in [3.8, 4) is 0 Å². The van der Waals surface area contributed by atoms with Crippen LogP contribution in [0.4, 0.5) is 18.9 Å². The molecule has 0 aliphatic heterocycles. The second kappa shape index (κ2) is 14.3. The predicted molar refractivity (Wildman–Crippen MR) is 162 cm³/mol. The van der Waals surface area contributed by atoms with E-state index in [1.807, 2.05) is 51.1 Å². The van der Waals surface area contributed by atoms with Crippen LogP contribution in [-0.4, -0.2) is 50.5 Å². The number of hydrogen-bond donors (Lipinski definition) is 1. The maximum atomic E-state index is 14.1. The maximum Gasteiger partial charge on any atom is 0.416 e. The van der Waals surface area contributed by atoms with Crippen LogP contribution in [0.25, 0.3) is 0 Å². The zero-order valence-electron chi connectivity index (χ0n) is 24.4. The summed E-state index contributed by atoms with van der Waals surface area (Å²) >= 11 is 6.18. The lowest BCUT2D eigenvalue weighted by Crippen LogP contribution is -2.53. The third-order valence-electron chi connectivity index (χ3n) is 6.65. The molecule has 0 saturated heterocycles. The van der Waals surface area contributed by atoms with E-state index in [1.165, 1.54) is 4.90 Å². The van der Waals surface area contributed by atoms with Gasteiger partial charge in [-0.1, -0.05) is 85.6 Å². The Labute approximate surface area is 255 Å². The summed E-state index contributed by atoms with van der Waals surface area (Å²) in [6.07, 6.45) is -3.89. The van der Waals surface area contributed by atoms with E-state index in [0.717, 1.165) is 29.5 Å². The first kappa shape index (κ1) is 33.9. The van der Waals surface area contributed by atoms with Crippen molar-refractivity contribution < 1.29 is 31.2 Å². The number of carbonyl (C=O) groups is 2. The number of amides is 2. The fourth-order valence-corrected chi connectivity index (χ4v) is 5.46. The minimum Gasteiger partial charge on any atom is -0.354 e. The number of halogens is 4. The summed E-state index contributed by atoms with van der Waals surface area (Å²) in [4.78, 5) is 29.0. The lowest BCUT2D eigenvalue weighted by Gasteiger charge is -2.34. The number of alkyl halides is 3. The molecular weight excluding hydrogens is 603 g/mol. The summed E-state index contributed by atoms with van der Waals surface area (Å²) in [5, 5.41) is 2.58. The van der Waals surface area contributed by atoms with Gasteiger partial charge in [-0.2, -0.15) is 13.2 Å². The van der Waals surface area contributed by atoms with Gasteiger partial charge >= 0.3 is 6.18 Å². The van der Waals surface area contributed by atoms with Gasteiger partial charge in [0, 0.05) is 19.5 Å². The van der Waals surface area contributed by atoms with Crippen LogP contribution < -0.4 is 9.62 Å². The number of carbonyl (C=O) groups excluding carboxylic acids is 2. The van der Waals surface area contributed by atoms with Crippen LogP contribution in [0.15, 0.2) is 72.8 Å². The van der Waals surface area contributed by atoms with Gasteiger partial charge in [-0.05, 0) is 42.2 Å². The van der Waals surface area contributed by atoms with E-state index < -0.39 is 51.9 Å². The van der Waals surface area contributed by atoms with E-state index in [9.17, 15) is 31.2 Å². The maximum absolute atomic E-state index is 14.1. The number of hydrogen-bond acceptors (Lipinski definition) is 4. The summed E-state index contributed by atoms with van der Waals surface area (Å²) in [6, 6.07) is 17.5. The van der Waals surface area contributed by atoms with Crippen molar-refractivity contribution in [1.82, 2.24) is 10.2 Å². The van der Waals surface area contributed by atoms with Crippen molar-refractivity contribution in [2.75, 3.05) is 23.7 Å². The van der Waals surface area contributed by atoms with Gasteiger partial charge in [-0.3, -0.25) is 13.9 Å². The average molecular weight is 638 g/mol. The molecule has 1 atom stereocenters. The summed E-state index contributed by atoms with van der Waals surface area (Å²) in [6.45, 7) is 5.14. The molecule has 43 heavy (non-hydrogen) atoms. The largest absolute Gasteiger partial charge is 0.416 e. The zero-order chi connectivity index (χ0) is 31.9. The number of nitrogens with zero attached hydrogens (tertiary/aromatic N) is 2. The highest BCUT2D eigenvalue weighted by Crippen LogP contribution is 2.36. The van der Waals surface area contributed by atoms with Gasteiger partial charge in [0.2, 0.25) is 21.8 Å². The number of sulfonamides is 1. The van der Waals surface area contributed by atoms with Gasteiger partial charge in [-0.15, -0.1) is 0 Å². The normalized spacial score (nSPS) is 12.6. The second-order valence-electron chi connectivity index (χ2n) is 10.8. The molecule has 2 amide bonds. The molecule has 232 valence electrons. The third-order valence-corrected chi connectivity index (χ3v) is 8.10. The monoisotopic (exact) mass is 637 g/mol. The van der Waals surface area contributed by atoms with E-state index in [0.29, 0.717) is 22.5 Å². The van der Waals surface area contributed by atoms with E-state index >= 15 is 0 Å². The summed E-state index contributed by atoms with van der Waals surface area (Å²) in [7, 11) is -4.30. The van der Waals surface area contributed by atoms with Crippen LogP contribution in [0.1, 0.15) is 36.1 Å². The number of anilines is 1. The van der Waals surface area contributed by atoms with Crippen LogP contribution >= 0.6 is 11.6 Å². The summed E-state index contributed by atoms with van der Waals surface area (Å²) in [5.74, 6) is -1.12. The highest BCUT2D eigenvalue weighted by atomic mass is 35.5. The van der Waals surface area contributed by atoms with Crippen molar-refractivity contribution in [2.24, 2.45) is 5.92 Å². The minimum absolute atomic E-state index is 0.0559. The SMILES string of the molecule is Cc1ccc(CN(C(=O)CN(c2cc(C(F)(F)F)ccc2Cl)S(C)(=O)=O)[C@H](Cc2ccccc2)C(=O)NCC(C)C)cc1. The smallest absolute Gasteiger partial charge is 0.354 e. The van der Waals surface area contributed by atoms with Crippen LogP contribution in [0.5, 0.6) is 0 Å². The Kier molecular flexibility index (Phi) is 11.3. The molecule has 0 bridgehead atoms. The van der Waals surface area contributed by atoms with E-state index in [1.54, 1.807) is 24.3 Å². The standard InChI is InChI=1S/C31H35ClF3N3O4S/c1-21(2)18-36-30(40)28(16-23-8-6-5-7-9-23)37(19-24-12-10-22(3)11-13-24)29(39)20-38(43(4,41)42)27-17-25(31(33,34)35)14-15-26(27)32/h5-15,17,21,28H,16,18-20H2,1-4H3,(H,36,40)/t28-/m1/s1. The van der Waals surface area contributed by atoms with Gasteiger partial charge < -0.3 is 10.2 Å². The van der Waals surface area contributed by atoms with Crippen molar-refractivity contribution in [1.29, 1.82) is 0 Å². The van der Waals surface area contributed by atoms with Gasteiger partial charge in [0.05, 0.1) is 22.5 Å². The van der Waals surface area contributed by atoms with Gasteiger partial charge in [-0.25, -0.2) is 8.42 Å². The second-order valence-corrected chi connectivity index (χ2v) is 13.1. The number of nitrogens with one attached hydrogen (secondary N) is 1. The molecule has 0 aliphatic rings. The number of benzene rings is 3. The Balaban J connectivity index is 2.10. The molecule has 0 aliphatic carbocycles. The molecule has 12 heteroatoms. The minimum atomic E-state index is -4.78. The summed E-state index contributed by atoms with van der Waals surface area (Å²) in [5.41, 5.74) is 0.789. The molecule has 7 nitrogen and oxygen atoms in total. The number of rotatable bonds is 12. The molecular formula is C31H35ClF3N3O4S. The molecule has 3 aromatic rings. The van der Waals surface area contributed by atoms with Crippen LogP contribution in [0.3, 0.4) is 0 Å². The Morgan fingerprint density at radius 2 is 1.58 bits per heavy atom. The first-order valence-corrected chi connectivity index (χ1v) is 15.8. The molecule has 0 unspecified atom stereocenters. The molecule has 3 aromatic carbocycles. The predicted octanol–water partition coefficient (Wildman–Crippen LogP) is 5.85. The molecule has 0 heterocycles. The topological polar surface area (TPSA) is 86.8 Å². The quantitative estimate of drug-likeness (QED) is 0.270. The van der Waals surface area contributed by atoms with Crippen molar-refractivity contribution in [3.05, 3.63) is 100 Å². The van der Waals surface area contributed by atoms with Crippen molar-refractivity contribution in [2.45, 2.75) is 46.0 Å². The van der Waals surface area contributed by atoms with Gasteiger partial charge in [0.15, 0.2) is 0 Å². The van der Waals surface area contributed by atoms with Crippen molar-refractivity contribution >= 4 is 39.1 Å². The van der Waals surface area contributed by atoms with Gasteiger partial charge in [0.25, 0.3) is 0 Å². The molecule has 3 rings (SSSR count). The van der Waals surface area contributed by atoms with Crippen molar-refractivity contribution in [3.63, 3.8) is 0 Å². The molecule has 0 fully saturated rings. The molecule has 1 N–H and O–H groups in total. The fraction of sp³-hybridized carbons (Fsp3) is 0.355.